The van der Waals surface area contributed by atoms with Crippen molar-refractivity contribution in [2.24, 2.45) is 0 Å². The molecule has 0 bridgehead atoms. The highest BCUT2D eigenvalue weighted by Gasteiger charge is 2.10. The van der Waals surface area contributed by atoms with Crippen LogP contribution in [0.15, 0.2) is 27.1 Å². The minimum absolute atomic E-state index is 0.593. The summed E-state index contributed by atoms with van der Waals surface area (Å²) >= 11 is 3.45. The smallest absolute Gasteiger partial charge is 0.248 e. The lowest BCUT2D eigenvalue weighted by Crippen LogP contribution is -2.17. The van der Waals surface area contributed by atoms with Crippen LogP contribution in [0.2, 0.25) is 0 Å². The number of nitrogens with one attached hydrogen (secondary N) is 1. The van der Waals surface area contributed by atoms with Crippen molar-refractivity contribution in [1.29, 1.82) is 0 Å². The highest BCUT2D eigenvalue weighted by molar-refractivity contribution is 9.10. The van der Waals surface area contributed by atoms with Gasteiger partial charge in [0.05, 0.1) is 0 Å². The van der Waals surface area contributed by atoms with Gasteiger partial charge in [0.15, 0.2) is 0 Å². The van der Waals surface area contributed by atoms with Crippen LogP contribution in [0.5, 0.6) is 0 Å². The lowest BCUT2D eigenvalue weighted by Gasteiger charge is -2.01. The van der Waals surface area contributed by atoms with Gasteiger partial charge < -0.3 is 9.73 Å². The van der Waals surface area contributed by atoms with Crippen molar-refractivity contribution in [1.82, 2.24) is 15.5 Å². The van der Waals surface area contributed by atoms with Gasteiger partial charge in [-0.2, -0.15) is 0 Å². The van der Waals surface area contributed by atoms with E-state index in [1.165, 1.54) is 0 Å². The highest BCUT2D eigenvalue weighted by Crippen LogP contribution is 2.25. The van der Waals surface area contributed by atoms with E-state index in [-0.39, 0.29) is 0 Å². The number of aryl methyl sites for hydroxylation is 1. The maximum atomic E-state index is 5.69. The van der Waals surface area contributed by atoms with Crippen molar-refractivity contribution < 1.29 is 4.42 Å². The van der Waals surface area contributed by atoms with Gasteiger partial charge in [0, 0.05) is 23.0 Å². The zero-order chi connectivity index (χ0) is 13.7. The van der Waals surface area contributed by atoms with Gasteiger partial charge in [0.2, 0.25) is 11.8 Å². The van der Waals surface area contributed by atoms with Gasteiger partial charge in [-0.25, -0.2) is 0 Å². The standard InChI is InChI=1S/C14H18BrN3O/c1-3-7-16-8-6-13-17-18-14(19-13)12-5-4-11(15)9-10(12)2/h4-5,9,16H,3,6-8H2,1-2H3. The first kappa shape index (κ1) is 14.2. The van der Waals surface area contributed by atoms with Crippen LogP contribution in [-0.4, -0.2) is 23.3 Å². The third-order valence-corrected chi connectivity index (χ3v) is 3.32. The predicted octanol–water partition coefficient (Wildman–Crippen LogP) is 3.35. The quantitative estimate of drug-likeness (QED) is 0.828. The molecule has 0 aliphatic carbocycles. The van der Waals surface area contributed by atoms with Crippen LogP contribution in [-0.2, 0) is 6.42 Å². The van der Waals surface area contributed by atoms with Crippen LogP contribution in [0, 0.1) is 6.92 Å². The minimum Gasteiger partial charge on any atom is -0.421 e. The second-order valence-electron chi connectivity index (χ2n) is 4.46. The molecule has 0 saturated heterocycles. The van der Waals surface area contributed by atoms with Gasteiger partial charge in [0.25, 0.3) is 0 Å². The number of rotatable bonds is 6. The number of nitrogens with zero attached hydrogens (tertiary/aromatic N) is 2. The third kappa shape index (κ3) is 3.88. The van der Waals surface area contributed by atoms with Crippen molar-refractivity contribution in [2.75, 3.05) is 13.1 Å². The second kappa shape index (κ2) is 6.82. The molecule has 0 aliphatic heterocycles. The normalized spacial score (nSPS) is 10.9. The van der Waals surface area contributed by atoms with Crippen LogP contribution < -0.4 is 5.32 Å². The molecule has 1 aromatic carbocycles. The molecule has 1 N–H and O–H groups in total. The first-order valence-electron chi connectivity index (χ1n) is 6.50. The fraction of sp³-hybridized carbons (Fsp3) is 0.429. The third-order valence-electron chi connectivity index (χ3n) is 2.83. The predicted molar refractivity (Wildman–Crippen MR) is 79.0 cm³/mol. The molecule has 0 amide bonds. The van der Waals surface area contributed by atoms with E-state index in [4.69, 9.17) is 4.42 Å². The summed E-state index contributed by atoms with van der Waals surface area (Å²) in [6.07, 6.45) is 1.90. The molecule has 2 aromatic rings. The van der Waals surface area contributed by atoms with Crippen LogP contribution >= 0.6 is 15.9 Å². The molecular weight excluding hydrogens is 306 g/mol. The van der Waals surface area contributed by atoms with Gasteiger partial charge in [0.1, 0.15) is 0 Å². The molecule has 102 valence electrons. The summed E-state index contributed by atoms with van der Waals surface area (Å²) in [7, 11) is 0. The van der Waals surface area contributed by atoms with E-state index in [9.17, 15) is 0 Å². The van der Waals surface area contributed by atoms with Crippen molar-refractivity contribution >= 4 is 15.9 Å². The number of hydrogen-bond acceptors (Lipinski definition) is 4. The summed E-state index contributed by atoms with van der Waals surface area (Å²) < 4.78 is 6.75. The van der Waals surface area contributed by atoms with Crippen molar-refractivity contribution in [3.05, 3.63) is 34.1 Å². The van der Waals surface area contributed by atoms with Crippen LogP contribution in [0.1, 0.15) is 24.8 Å². The lowest BCUT2D eigenvalue weighted by atomic mass is 10.1. The molecule has 0 radical (unpaired) electrons. The van der Waals surface area contributed by atoms with E-state index in [0.29, 0.717) is 11.8 Å². The van der Waals surface area contributed by atoms with E-state index in [2.05, 4.69) is 38.4 Å². The van der Waals surface area contributed by atoms with E-state index in [1.54, 1.807) is 0 Å². The molecule has 1 heterocycles. The molecule has 19 heavy (non-hydrogen) atoms. The average molecular weight is 324 g/mol. The Bertz CT molecular complexity index is 539. The van der Waals surface area contributed by atoms with E-state index < -0.39 is 0 Å². The largest absolute Gasteiger partial charge is 0.421 e. The Labute approximate surface area is 121 Å². The summed E-state index contributed by atoms with van der Waals surface area (Å²) in [4.78, 5) is 0. The summed E-state index contributed by atoms with van der Waals surface area (Å²) in [5, 5.41) is 11.5. The van der Waals surface area contributed by atoms with E-state index >= 15 is 0 Å². The van der Waals surface area contributed by atoms with Crippen molar-refractivity contribution in [3.8, 4) is 11.5 Å². The molecular formula is C14H18BrN3O. The summed E-state index contributed by atoms with van der Waals surface area (Å²) in [6.45, 7) is 6.07. The summed E-state index contributed by atoms with van der Waals surface area (Å²) in [5.74, 6) is 1.27. The Morgan fingerprint density at radius 3 is 2.84 bits per heavy atom. The SMILES string of the molecule is CCCNCCc1nnc(-c2ccc(Br)cc2C)o1. The first-order chi connectivity index (χ1) is 9.20. The Balaban J connectivity index is 2.04. The van der Waals surface area contributed by atoms with Crippen LogP contribution in [0.4, 0.5) is 0 Å². The van der Waals surface area contributed by atoms with Gasteiger partial charge in [-0.15, -0.1) is 10.2 Å². The molecule has 0 atom stereocenters. The molecule has 0 aliphatic rings. The second-order valence-corrected chi connectivity index (χ2v) is 5.38. The topological polar surface area (TPSA) is 51.0 Å². The number of hydrogen-bond donors (Lipinski definition) is 1. The number of halogens is 1. The minimum atomic E-state index is 0.593. The maximum absolute atomic E-state index is 5.69. The molecule has 1 aromatic heterocycles. The van der Waals surface area contributed by atoms with E-state index in [1.807, 2.05) is 25.1 Å². The summed E-state index contributed by atoms with van der Waals surface area (Å²) in [6, 6.07) is 6.02. The highest BCUT2D eigenvalue weighted by atomic mass is 79.9. The monoisotopic (exact) mass is 323 g/mol. The van der Waals surface area contributed by atoms with Gasteiger partial charge >= 0.3 is 0 Å². The maximum Gasteiger partial charge on any atom is 0.248 e. The van der Waals surface area contributed by atoms with Gasteiger partial charge in [-0.05, 0) is 43.7 Å². The van der Waals surface area contributed by atoms with Gasteiger partial charge in [-0.3, -0.25) is 0 Å². The van der Waals surface area contributed by atoms with Crippen molar-refractivity contribution in [3.63, 3.8) is 0 Å². The van der Waals surface area contributed by atoms with Gasteiger partial charge in [-0.1, -0.05) is 22.9 Å². The molecule has 4 nitrogen and oxygen atoms in total. The average Bonchev–Trinajstić information content (AvgIpc) is 2.83. The Hall–Kier alpha value is -1.20. The Morgan fingerprint density at radius 2 is 2.11 bits per heavy atom. The zero-order valence-corrected chi connectivity index (χ0v) is 12.8. The lowest BCUT2D eigenvalue weighted by molar-refractivity contribution is 0.494. The summed E-state index contributed by atoms with van der Waals surface area (Å²) in [5.41, 5.74) is 2.11. The number of aromatic nitrogens is 2. The molecule has 5 heteroatoms. The molecule has 0 spiro atoms. The Morgan fingerprint density at radius 1 is 1.26 bits per heavy atom. The number of benzene rings is 1. The fourth-order valence-corrected chi connectivity index (χ4v) is 2.30. The first-order valence-corrected chi connectivity index (χ1v) is 7.29. The molecule has 0 fully saturated rings. The molecule has 0 saturated carbocycles. The Kier molecular flexibility index (Phi) is 5.10. The van der Waals surface area contributed by atoms with Crippen LogP contribution in [0.3, 0.4) is 0 Å². The zero-order valence-electron chi connectivity index (χ0n) is 11.2. The van der Waals surface area contributed by atoms with Crippen LogP contribution in [0.25, 0.3) is 11.5 Å². The van der Waals surface area contributed by atoms with E-state index in [0.717, 1.165) is 41.5 Å². The molecule has 2 rings (SSSR count). The molecule has 0 unspecified atom stereocenters. The fourth-order valence-electron chi connectivity index (χ4n) is 1.83. The van der Waals surface area contributed by atoms with Crippen molar-refractivity contribution in [2.45, 2.75) is 26.7 Å².